The Labute approximate surface area is 88.3 Å². The van der Waals surface area contributed by atoms with E-state index >= 15 is 0 Å². The normalized spacial score (nSPS) is 20.9. The molecule has 1 aliphatic heterocycles. The number of nitrogens with one attached hydrogen (secondary N) is 1. The van der Waals surface area contributed by atoms with Gasteiger partial charge in [-0.3, -0.25) is 4.79 Å². The van der Waals surface area contributed by atoms with Crippen LogP contribution >= 0.6 is 11.6 Å². The lowest BCUT2D eigenvalue weighted by atomic mass is 9.98. The van der Waals surface area contributed by atoms with Gasteiger partial charge in [0.15, 0.2) is 0 Å². The van der Waals surface area contributed by atoms with Gasteiger partial charge in [0.25, 0.3) is 0 Å². The van der Waals surface area contributed by atoms with Crippen LogP contribution in [-0.2, 0) is 11.2 Å². The summed E-state index contributed by atoms with van der Waals surface area (Å²) in [4.78, 5) is 11.3. The number of amides is 1. The molecule has 14 heavy (non-hydrogen) atoms. The second kappa shape index (κ2) is 4.01. The molecule has 1 aromatic carbocycles. The Morgan fingerprint density at radius 2 is 2.07 bits per heavy atom. The average Bonchev–Trinajstić information content (AvgIpc) is 2.56. The molecular weight excluding hydrogens is 198 g/mol. The van der Waals surface area contributed by atoms with Gasteiger partial charge >= 0.3 is 0 Å². The van der Waals surface area contributed by atoms with Crippen molar-refractivity contribution in [3.8, 4) is 0 Å². The van der Waals surface area contributed by atoms with E-state index in [1.807, 2.05) is 24.3 Å². The highest BCUT2D eigenvalue weighted by molar-refractivity contribution is 6.30. The lowest BCUT2D eigenvalue weighted by Crippen LogP contribution is -2.20. The van der Waals surface area contributed by atoms with Gasteiger partial charge in [-0.1, -0.05) is 23.7 Å². The Kier molecular flexibility index (Phi) is 2.73. The first-order valence-corrected chi connectivity index (χ1v) is 5.15. The largest absolute Gasteiger partial charge is 0.356 e. The van der Waals surface area contributed by atoms with E-state index < -0.39 is 0 Å². The zero-order chi connectivity index (χ0) is 9.97. The van der Waals surface area contributed by atoms with Crippen molar-refractivity contribution < 1.29 is 4.79 Å². The van der Waals surface area contributed by atoms with E-state index in [4.69, 9.17) is 11.6 Å². The predicted octanol–water partition coefficient (Wildman–Crippen LogP) is 2.02. The molecule has 0 aliphatic carbocycles. The molecule has 0 bridgehead atoms. The van der Waals surface area contributed by atoms with E-state index in [0.717, 1.165) is 24.4 Å². The van der Waals surface area contributed by atoms with Crippen LogP contribution in [0.4, 0.5) is 0 Å². The van der Waals surface area contributed by atoms with E-state index in [-0.39, 0.29) is 11.8 Å². The van der Waals surface area contributed by atoms with Gasteiger partial charge in [-0.15, -0.1) is 0 Å². The molecule has 1 heterocycles. The number of rotatable bonds is 2. The van der Waals surface area contributed by atoms with Crippen LogP contribution in [0.25, 0.3) is 0 Å². The number of carbonyl (C=O) groups is 1. The van der Waals surface area contributed by atoms with Crippen molar-refractivity contribution in [2.24, 2.45) is 5.92 Å². The number of halogens is 1. The van der Waals surface area contributed by atoms with Crippen LogP contribution in [0.5, 0.6) is 0 Å². The summed E-state index contributed by atoms with van der Waals surface area (Å²) in [7, 11) is 0. The first-order chi connectivity index (χ1) is 6.75. The number of hydrogen-bond donors (Lipinski definition) is 1. The van der Waals surface area contributed by atoms with Crippen LogP contribution in [-0.4, -0.2) is 12.5 Å². The van der Waals surface area contributed by atoms with Gasteiger partial charge in [-0.05, 0) is 30.5 Å². The highest BCUT2D eigenvalue weighted by Gasteiger charge is 2.23. The molecule has 1 aromatic rings. The van der Waals surface area contributed by atoms with Crippen molar-refractivity contribution in [3.05, 3.63) is 34.9 Å². The maximum atomic E-state index is 11.3. The summed E-state index contributed by atoms with van der Waals surface area (Å²) >= 11 is 5.78. The maximum Gasteiger partial charge on any atom is 0.223 e. The highest BCUT2D eigenvalue weighted by Crippen LogP contribution is 2.17. The minimum absolute atomic E-state index is 0.149. The van der Waals surface area contributed by atoms with Gasteiger partial charge in [0.05, 0.1) is 0 Å². The summed E-state index contributed by atoms with van der Waals surface area (Å²) in [5.41, 5.74) is 1.18. The molecule has 1 aliphatic rings. The first-order valence-electron chi connectivity index (χ1n) is 4.78. The Morgan fingerprint density at radius 3 is 2.64 bits per heavy atom. The summed E-state index contributed by atoms with van der Waals surface area (Å²) in [5, 5.41) is 3.58. The van der Waals surface area contributed by atoms with Crippen LogP contribution < -0.4 is 5.32 Å². The van der Waals surface area contributed by atoms with E-state index in [1.165, 1.54) is 5.56 Å². The highest BCUT2D eigenvalue weighted by atomic mass is 35.5. The van der Waals surface area contributed by atoms with Crippen LogP contribution in [0.3, 0.4) is 0 Å². The van der Waals surface area contributed by atoms with Crippen molar-refractivity contribution in [2.45, 2.75) is 12.8 Å². The summed E-state index contributed by atoms with van der Waals surface area (Å²) in [6.07, 6.45) is 1.77. The van der Waals surface area contributed by atoms with Crippen LogP contribution in [0, 0.1) is 5.92 Å². The number of benzene rings is 1. The molecule has 2 rings (SSSR count). The third kappa shape index (κ3) is 2.07. The van der Waals surface area contributed by atoms with Gasteiger partial charge < -0.3 is 5.32 Å². The second-order valence-electron chi connectivity index (χ2n) is 3.61. The van der Waals surface area contributed by atoms with Gasteiger partial charge in [0, 0.05) is 17.5 Å². The van der Waals surface area contributed by atoms with Crippen LogP contribution in [0.2, 0.25) is 5.02 Å². The minimum Gasteiger partial charge on any atom is -0.356 e. The summed E-state index contributed by atoms with van der Waals surface area (Å²) in [6, 6.07) is 7.69. The van der Waals surface area contributed by atoms with E-state index in [9.17, 15) is 4.79 Å². The van der Waals surface area contributed by atoms with Crippen molar-refractivity contribution in [3.63, 3.8) is 0 Å². The Balaban J connectivity index is 2.03. The molecule has 0 spiro atoms. The standard InChI is InChI=1S/C11H12ClNO/c12-10-3-1-8(2-4-10)7-9-5-6-13-11(9)14/h1-4,9H,5-7H2,(H,13,14)/t9-/m1/s1. The van der Waals surface area contributed by atoms with Gasteiger partial charge in [-0.2, -0.15) is 0 Å². The molecule has 0 unspecified atom stereocenters. The molecule has 1 atom stereocenters. The monoisotopic (exact) mass is 209 g/mol. The first kappa shape index (κ1) is 9.53. The molecule has 1 fully saturated rings. The summed E-state index contributed by atoms with van der Waals surface area (Å²) in [5.74, 6) is 0.330. The maximum absolute atomic E-state index is 11.3. The molecule has 0 aromatic heterocycles. The molecule has 0 radical (unpaired) electrons. The molecule has 74 valence electrons. The zero-order valence-corrected chi connectivity index (χ0v) is 8.55. The number of carbonyl (C=O) groups excluding carboxylic acids is 1. The SMILES string of the molecule is O=C1NCC[C@@H]1Cc1ccc(Cl)cc1. The fourth-order valence-corrected chi connectivity index (χ4v) is 1.87. The number of hydrogen-bond acceptors (Lipinski definition) is 1. The van der Waals surface area contributed by atoms with Gasteiger partial charge in [0.1, 0.15) is 0 Å². The van der Waals surface area contributed by atoms with Crippen molar-refractivity contribution in [1.82, 2.24) is 5.32 Å². The molecule has 2 nitrogen and oxygen atoms in total. The molecule has 1 N–H and O–H groups in total. The Hall–Kier alpha value is -1.02. The molecule has 1 saturated heterocycles. The van der Waals surface area contributed by atoms with E-state index in [1.54, 1.807) is 0 Å². The topological polar surface area (TPSA) is 29.1 Å². The second-order valence-corrected chi connectivity index (χ2v) is 4.04. The minimum atomic E-state index is 0.149. The lowest BCUT2D eigenvalue weighted by molar-refractivity contribution is -0.122. The van der Waals surface area contributed by atoms with Crippen molar-refractivity contribution in [1.29, 1.82) is 0 Å². The Bertz CT molecular complexity index is 334. The van der Waals surface area contributed by atoms with Gasteiger partial charge in [-0.25, -0.2) is 0 Å². The summed E-state index contributed by atoms with van der Waals surface area (Å²) in [6.45, 7) is 0.817. The molecule has 1 amide bonds. The molecule has 0 saturated carbocycles. The predicted molar refractivity (Wildman–Crippen MR) is 56.3 cm³/mol. The van der Waals surface area contributed by atoms with E-state index in [2.05, 4.69) is 5.32 Å². The quantitative estimate of drug-likeness (QED) is 0.794. The Morgan fingerprint density at radius 1 is 1.36 bits per heavy atom. The fourth-order valence-electron chi connectivity index (χ4n) is 1.74. The van der Waals surface area contributed by atoms with Crippen LogP contribution in [0.1, 0.15) is 12.0 Å². The van der Waals surface area contributed by atoms with Crippen molar-refractivity contribution in [2.75, 3.05) is 6.54 Å². The smallest absolute Gasteiger partial charge is 0.223 e. The van der Waals surface area contributed by atoms with Crippen LogP contribution in [0.15, 0.2) is 24.3 Å². The molecular formula is C11H12ClNO. The van der Waals surface area contributed by atoms with E-state index in [0.29, 0.717) is 0 Å². The zero-order valence-electron chi connectivity index (χ0n) is 7.79. The fraction of sp³-hybridized carbons (Fsp3) is 0.364. The third-order valence-corrected chi connectivity index (χ3v) is 2.81. The third-order valence-electron chi connectivity index (χ3n) is 2.56. The lowest BCUT2D eigenvalue weighted by Gasteiger charge is -2.06. The average molecular weight is 210 g/mol. The van der Waals surface area contributed by atoms with Crippen molar-refractivity contribution >= 4 is 17.5 Å². The molecule has 3 heteroatoms. The van der Waals surface area contributed by atoms with Gasteiger partial charge in [0.2, 0.25) is 5.91 Å². The summed E-state index contributed by atoms with van der Waals surface area (Å²) < 4.78 is 0.